The number of rotatable bonds is 4. The van der Waals surface area contributed by atoms with E-state index < -0.39 is 12.2 Å². The fourth-order valence-electron chi connectivity index (χ4n) is 0.941. The van der Waals surface area contributed by atoms with Crippen molar-refractivity contribution in [2.24, 2.45) is 0 Å². The molecule has 0 bridgehead atoms. The Morgan fingerprint density at radius 2 is 2.06 bits per heavy atom. The Morgan fingerprint density at radius 3 is 2.56 bits per heavy atom. The number of aliphatic hydroxyl groups excluding tert-OH is 2. The lowest BCUT2D eigenvalue weighted by molar-refractivity contribution is -0.109. The number of nitrogens with zero attached hydrogens (tertiary/aromatic N) is 2. The number of carbonyl (C=O) groups is 1. The van der Waals surface area contributed by atoms with Gasteiger partial charge in [-0.05, 0) is 15.9 Å². The zero-order valence-electron chi connectivity index (χ0n) is 8.50. The standard InChI is InChI=1S/C9H11BrN2O3S/c1-5(13)16-4-7(14)8(15)9-11-2-6(10)3-12-9/h2-3,7-8,14-15H,4H2,1H3. The highest BCUT2D eigenvalue weighted by Gasteiger charge is 2.21. The van der Waals surface area contributed by atoms with Gasteiger partial charge in [0.2, 0.25) is 0 Å². The Balaban J connectivity index is 2.59. The van der Waals surface area contributed by atoms with Crippen molar-refractivity contribution in [1.29, 1.82) is 0 Å². The van der Waals surface area contributed by atoms with Gasteiger partial charge in [0.05, 0.1) is 10.6 Å². The second-order valence-corrected chi connectivity index (χ2v) is 5.19. The molecule has 0 saturated heterocycles. The number of aromatic nitrogens is 2. The van der Waals surface area contributed by atoms with Gasteiger partial charge >= 0.3 is 0 Å². The molecular formula is C9H11BrN2O3S. The van der Waals surface area contributed by atoms with Crippen LogP contribution >= 0.6 is 27.7 Å². The van der Waals surface area contributed by atoms with Crippen molar-refractivity contribution in [1.82, 2.24) is 9.97 Å². The lowest BCUT2D eigenvalue weighted by Gasteiger charge is -2.15. The molecule has 0 fully saturated rings. The van der Waals surface area contributed by atoms with Crippen molar-refractivity contribution in [2.45, 2.75) is 19.1 Å². The molecule has 1 rings (SSSR count). The molecule has 2 atom stereocenters. The van der Waals surface area contributed by atoms with E-state index in [0.717, 1.165) is 11.8 Å². The van der Waals surface area contributed by atoms with Crippen molar-refractivity contribution >= 4 is 32.8 Å². The zero-order chi connectivity index (χ0) is 12.1. The molecule has 0 aromatic carbocycles. The first-order valence-corrected chi connectivity index (χ1v) is 6.25. The van der Waals surface area contributed by atoms with Gasteiger partial charge in [0, 0.05) is 25.1 Å². The van der Waals surface area contributed by atoms with Gasteiger partial charge in [-0.3, -0.25) is 4.79 Å². The van der Waals surface area contributed by atoms with E-state index in [9.17, 15) is 15.0 Å². The largest absolute Gasteiger partial charge is 0.389 e. The molecule has 5 nitrogen and oxygen atoms in total. The summed E-state index contributed by atoms with van der Waals surface area (Å²) >= 11 is 4.12. The normalized spacial score (nSPS) is 14.5. The Labute approximate surface area is 105 Å². The average Bonchev–Trinajstić information content (AvgIpc) is 2.26. The quantitative estimate of drug-likeness (QED) is 0.860. The van der Waals surface area contributed by atoms with E-state index in [4.69, 9.17) is 0 Å². The summed E-state index contributed by atoms with van der Waals surface area (Å²) in [5.74, 6) is 0.260. The second kappa shape index (κ2) is 6.29. The Hall–Kier alpha value is -0.500. The van der Waals surface area contributed by atoms with E-state index >= 15 is 0 Å². The summed E-state index contributed by atoms with van der Waals surface area (Å²) in [6.45, 7) is 1.40. The first kappa shape index (κ1) is 13.6. The second-order valence-electron chi connectivity index (χ2n) is 3.07. The third kappa shape index (κ3) is 4.17. The molecule has 0 aliphatic carbocycles. The van der Waals surface area contributed by atoms with E-state index in [0.29, 0.717) is 4.47 Å². The van der Waals surface area contributed by atoms with Crippen LogP contribution in [0.3, 0.4) is 0 Å². The van der Waals surface area contributed by atoms with E-state index in [2.05, 4.69) is 25.9 Å². The predicted octanol–water partition coefficient (Wildman–Crippen LogP) is 0.913. The summed E-state index contributed by atoms with van der Waals surface area (Å²) in [4.78, 5) is 18.4. The maximum Gasteiger partial charge on any atom is 0.185 e. The maximum absolute atomic E-state index is 10.7. The lowest BCUT2D eigenvalue weighted by atomic mass is 10.2. The van der Waals surface area contributed by atoms with E-state index in [-0.39, 0.29) is 16.7 Å². The van der Waals surface area contributed by atoms with Crippen LogP contribution in [0, 0.1) is 0 Å². The van der Waals surface area contributed by atoms with Crippen LogP contribution in [0.2, 0.25) is 0 Å². The molecule has 7 heteroatoms. The summed E-state index contributed by atoms with van der Waals surface area (Å²) in [7, 11) is 0. The van der Waals surface area contributed by atoms with Crippen LogP contribution in [0.25, 0.3) is 0 Å². The average molecular weight is 307 g/mol. The molecular weight excluding hydrogens is 296 g/mol. The minimum atomic E-state index is -1.18. The van der Waals surface area contributed by atoms with Crippen LogP contribution in [0.4, 0.5) is 0 Å². The van der Waals surface area contributed by atoms with Crippen LogP contribution < -0.4 is 0 Å². The third-order valence-electron chi connectivity index (χ3n) is 1.73. The van der Waals surface area contributed by atoms with Gasteiger partial charge < -0.3 is 10.2 Å². The maximum atomic E-state index is 10.7. The molecule has 2 unspecified atom stereocenters. The molecule has 0 aliphatic rings. The van der Waals surface area contributed by atoms with Crippen LogP contribution in [-0.2, 0) is 4.79 Å². The predicted molar refractivity (Wildman–Crippen MR) is 63.8 cm³/mol. The Kier molecular flexibility index (Phi) is 5.33. The number of thioether (sulfide) groups is 1. The minimum absolute atomic E-state index is 0.108. The van der Waals surface area contributed by atoms with Crippen molar-refractivity contribution in [3.05, 3.63) is 22.7 Å². The first-order chi connectivity index (χ1) is 7.50. The highest BCUT2D eigenvalue weighted by molar-refractivity contribution is 9.10. The molecule has 0 saturated carbocycles. The molecule has 1 heterocycles. The fourth-order valence-corrected chi connectivity index (χ4v) is 1.73. The monoisotopic (exact) mass is 306 g/mol. The van der Waals surface area contributed by atoms with Gasteiger partial charge in [0.1, 0.15) is 6.10 Å². The lowest BCUT2D eigenvalue weighted by Crippen LogP contribution is -2.23. The van der Waals surface area contributed by atoms with E-state index in [1.165, 1.54) is 19.3 Å². The molecule has 16 heavy (non-hydrogen) atoms. The van der Waals surface area contributed by atoms with Crippen molar-refractivity contribution in [3.63, 3.8) is 0 Å². The number of hydrogen-bond acceptors (Lipinski definition) is 6. The Morgan fingerprint density at radius 1 is 1.50 bits per heavy atom. The molecule has 1 aromatic rings. The first-order valence-electron chi connectivity index (χ1n) is 4.47. The highest BCUT2D eigenvalue weighted by Crippen LogP contribution is 2.17. The summed E-state index contributed by atoms with van der Waals surface area (Å²) in [6, 6.07) is 0. The van der Waals surface area contributed by atoms with Gasteiger partial charge in [0.15, 0.2) is 10.9 Å². The van der Waals surface area contributed by atoms with Gasteiger partial charge in [-0.25, -0.2) is 9.97 Å². The van der Waals surface area contributed by atoms with E-state index in [1.807, 2.05) is 0 Å². The number of carbonyl (C=O) groups excluding carboxylic acids is 1. The van der Waals surface area contributed by atoms with E-state index in [1.54, 1.807) is 0 Å². The summed E-state index contributed by atoms with van der Waals surface area (Å²) < 4.78 is 0.691. The van der Waals surface area contributed by atoms with Crippen molar-refractivity contribution < 1.29 is 15.0 Å². The molecule has 2 N–H and O–H groups in total. The van der Waals surface area contributed by atoms with Gasteiger partial charge in [-0.1, -0.05) is 11.8 Å². The van der Waals surface area contributed by atoms with Crippen molar-refractivity contribution in [3.8, 4) is 0 Å². The number of aliphatic hydroxyl groups is 2. The molecule has 1 aromatic heterocycles. The third-order valence-corrected chi connectivity index (χ3v) is 3.05. The molecule has 88 valence electrons. The van der Waals surface area contributed by atoms with Crippen molar-refractivity contribution in [2.75, 3.05) is 5.75 Å². The van der Waals surface area contributed by atoms with Crippen LogP contribution in [0.5, 0.6) is 0 Å². The molecule has 0 amide bonds. The summed E-state index contributed by atoms with van der Waals surface area (Å²) in [5.41, 5.74) is 0. The van der Waals surface area contributed by atoms with Gasteiger partial charge in [0.25, 0.3) is 0 Å². The smallest absolute Gasteiger partial charge is 0.185 e. The summed E-state index contributed by atoms with van der Waals surface area (Å²) in [6.07, 6.45) is 0.724. The molecule has 0 spiro atoms. The minimum Gasteiger partial charge on any atom is -0.389 e. The summed E-state index contributed by atoms with van der Waals surface area (Å²) in [5, 5.41) is 19.1. The zero-order valence-corrected chi connectivity index (χ0v) is 10.9. The number of hydrogen-bond donors (Lipinski definition) is 2. The highest BCUT2D eigenvalue weighted by atomic mass is 79.9. The van der Waals surface area contributed by atoms with Crippen LogP contribution in [-0.4, -0.2) is 37.2 Å². The number of halogens is 1. The molecule has 0 aliphatic heterocycles. The topological polar surface area (TPSA) is 83.3 Å². The van der Waals surface area contributed by atoms with Crippen LogP contribution in [0.15, 0.2) is 16.9 Å². The van der Waals surface area contributed by atoms with Crippen LogP contribution in [0.1, 0.15) is 18.9 Å². The molecule has 0 radical (unpaired) electrons. The van der Waals surface area contributed by atoms with Gasteiger partial charge in [-0.15, -0.1) is 0 Å². The Bertz CT molecular complexity index is 360. The van der Waals surface area contributed by atoms with Gasteiger partial charge in [-0.2, -0.15) is 0 Å². The SMILES string of the molecule is CC(=O)SCC(O)C(O)c1ncc(Br)cn1. The fraction of sp³-hybridized carbons (Fsp3) is 0.444.